The number of thiophene rings is 1. The number of aryl methyl sites for hydroxylation is 1. The lowest BCUT2D eigenvalue weighted by atomic mass is 10.1. The van der Waals surface area contributed by atoms with E-state index in [-0.39, 0.29) is 0 Å². The van der Waals surface area contributed by atoms with Crippen molar-refractivity contribution >= 4 is 16.3 Å². The second kappa shape index (κ2) is 5.75. The van der Waals surface area contributed by atoms with Gasteiger partial charge in [-0.1, -0.05) is 5.16 Å². The molecule has 1 saturated heterocycles. The molecule has 2 N–H and O–H groups in total. The van der Waals surface area contributed by atoms with E-state index < -0.39 is 0 Å². The molecule has 1 fully saturated rings. The summed E-state index contributed by atoms with van der Waals surface area (Å²) in [6.45, 7) is 5.23. The van der Waals surface area contributed by atoms with E-state index in [1.54, 1.807) is 0 Å². The second-order valence-electron chi connectivity index (χ2n) is 5.78. The van der Waals surface area contributed by atoms with E-state index in [1.165, 1.54) is 11.3 Å². The van der Waals surface area contributed by atoms with Gasteiger partial charge in [-0.25, -0.2) is 0 Å². The number of anilines is 1. The van der Waals surface area contributed by atoms with Crippen LogP contribution in [0.1, 0.15) is 11.4 Å². The lowest BCUT2D eigenvalue weighted by Crippen LogP contribution is -2.50. The van der Waals surface area contributed by atoms with Crippen molar-refractivity contribution < 1.29 is 4.52 Å². The Labute approximate surface area is 128 Å². The van der Waals surface area contributed by atoms with Crippen molar-refractivity contribution in [2.75, 3.05) is 39.5 Å². The van der Waals surface area contributed by atoms with Gasteiger partial charge in [-0.3, -0.25) is 0 Å². The van der Waals surface area contributed by atoms with Crippen LogP contribution in [0.5, 0.6) is 0 Å². The van der Waals surface area contributed by atoms with Crippen molar-refractivity contribution in [3.63, 3.8) is 0 Å². The Bertz CT molecular complexity index is 623. The van der Waals surface area contributed by atoms with Crippen molar-refractivity contribution in [3.05, 3.63) is 17.5 Å². The fourth-order valence-corrected chi connectivity index (χ4v) is 3.54. The summed E-state index contributed by atoms with van der Waals surface area (Å²) in [4.78, 5) is 10.2. The van der Waals surface area contributed by atoms with Gasteiger partial charge in [0.1, 0.15) is 0 Å². The van der Waals surface area contributed by atoms with E-state index in [0.29, 0.717) is 11.9 Å². The third-order valence-corrected chi connectivity index (χ3v) is 5.05. The minimum Gasteiger partial charge on any atom is -0.391 e. The zero-order valence-electron chi connectivity index (χ0n) is 12.7. The molecule has 3 heterocycles. The Morgan fingerprint density at radius 2 is 2.24 bits per heavy atom. The van der Waals surface area contributed by atoms with E-state index in [0.717, 1.165) is 47.3 Å². The topological polar surface area (TPSA) is 71.4 Å². The first-order valence-corrected chi connectivity index (χ1v) is 7.92. The van der Waals surface area contributed by atoms with Crippen molar-refractivity contribution in [3.8, 4) is 10.8 Å². The van der Waals surface area contributed by atoms with Crippen LogP contribution in [0, 0.1) is 6.92 Å². The molecule has 2 aromatic rings. The number of nitrogen functional groups attached to an aromatic ring is 1. The molecule has 1 aliphatic rings. The number of nitrogens with two attached hydrogens (primary N) is 1. The first-order chi connectivity index (χ1) is 10.0. The fraction of sp³-hybridized carbons (Fsp3) is 0.571. The number of aromatic nitrogens is 2. The fourth-order valence-electron chi connectivity index (χ4n) is 2.68. The maximum atomic E-state index is 5.82. The van der Waals surface area contributed by atoms with Crippen LogP contribution >= 0.6 is 11.3 Å². The highest BCUT2D eigenvalue weighted by Gasteiger charge is 2.24. The lowest BCUT2D eigenvalue weighted by Gasteiger charge is -2.37. The molecular weight excluding hydrogens is 286 g/mol. The molecule has 0 saturated carbocycles. The van der Waals surface area contributed by atoms with Crippen LogP contribution in [0.3, 0.4) is 0 Å². The highest BCUT2D eigenvalue weighted by molar-refractivity contribution is 7.19. The third-order valence-electron chi connectivity index (χ3n) is 4.00. The summed E-state index contributed by atoms with van der Waals surface area (Å²) in [7, 11) is 4.31. The molecule has 1 aliphatic heterocycles. The van der Waals surface area contributed by atoms with Crippen molar-refractivity contribution in [2.45, 2.75) is 19.4 Å². The summed E-state index contributed by atoms with van der Waals surface area (Å²) in [5, 5.41) is 4.91. The predicted molar refractivity (Wildman–Crippen MR) is 84.4 cm³/mol. The quantitative estimate of drug-likeness (QED) is 0.926. The summed E-state index contributed by atoms with van der Waals surface area (Å²) in [5.74, 6) is 1.35. The van der Waals surface area contributed by atoms with Gasteiger partial charge >= 0.3 is 0 Å². The smallest absolute Gasteiger partial charge is 0.268 e. The molecule has 21 heavy (non-hydrogen) atoms. The maximum absolute atomic E-state index is 5.82. The van der Waals surface area contributed by atoms with E-state index >= 15 is 0 Å². The number of hydrogen-bond acceptors (Lipinski definition) is 7. The zero-order valence-corrected chi connectivity index (χ0v) is 13.5. The van der Waals surface area contributed by atoms with Gasteiger partial charge in [-0.2, -0.15) is 4.98 Å². The molecule has 0 bridgehead atoms. The van der Waals surface area contributed by atoms with Crippen molar-refractivity contribution in [1.29, 1.82) is 0 Å². The van der Waals surface area contributed by atoms with Gasteiger partial charge in [-0.15, -0.1) is 11.3 Å². The first kappa shape index (κ1) is 14.5. The Balaban J connectivity index is 1.74. The largest absolute Gasteiger partial charge is 0.391 e. The zero-order chi connectivity index (χ0) is 15.0. The molecule has 0 spiro atoms. The van der Waals surface area contributed by atoms with Gasteiger partial charge in [0, 0.05) is 32.1 Å². The SMILES string of the molecule is Cc1cc(N)sc1-c1nc(CC2CN(C)CCN2C)no1. The Kier molecular flexibility index (Phi) is 3.97. The Hall–Kier alpha value is -1.44. The molecule has 0 radical (unpaired) electrons. The normalized spacial score (nSPS) is 21.0. The summed E-state index contributed by atoms with van der Waals surface area (Å²) in [6, 6.07) is 2.37. The second-order valence-corrected chi connectivity index (χ2v) is 6.86. The van der Waals surface area contributed by atoms with Crippen LogP contribution in [-0.4, -0.2) is 59.7 Å². The molecule has 1 atom stereocenters. The van der Waals surface area contributed by atoms with E-state index in [4.69, 9.17) is 10.3 Å². The molecular formula is C14H21N5OS. The minimum absolute atomic E-state index is 0.434. The highest BCUT2D eigenvalue weighted by Crippen LogP contribution is 2.32. The molecule has 0 amide bonds. The third kappa shape index (κ3) is 3.09. The molecule has 114 valence electrons. The summed E-state index contributed by atoms with van der Waals surface area (Å²) < 4.78 is 5.41. The number of hydrogen-bond donors (Lipinski definition) is 1. The summed E-state index contributed by atoms with van der Waals surface area (Å²) >= 11 is 1.49. The number of likely N-dealkylation sites (N-methyl/N-ethyl adjacent to an activating group) is 2. The molecule has 0 aliphatic carbocycles. The van der Waals surface area contributed by atoms with Gasteiger partial charge in [0.05, 0.1) is 9.88 Å². The molecule has 2 aromatic heterocycles. The molecule has 0 aromatic carbocycles. The van der Waals surface area contributed by atoms with Gasteiger partial charge < -0.3 is 20.1 Å². The van der Waals surface area contributed by atoms with Crippen LogP contribution in [0.4, 0.5) is 5.00 Å². The average molecular weight is 307 g/mol. The number of rotatable bonds is 3. The Morgan fingerprint density at radius 3 is 2.95 bits per heavy atom. The van der Waals surface area contributed by atoms with Crippen LogP contribution < -0.4 is 5.73 Å². The van der Waals surface area contributed by atoms with Gasteiger partial charge in [0.2, 0.25) is 0 Å². The van der Waals surface area contributed by atoms with Crippen LogP contribution in [0.2, 0.25) is 0 Å². The number of nitrogens with zero attached hydrogens (tertiary/aromatic N) is 4. The molecule has 6 nitrogen and oxygen atoms in total. The first-order valence-electron chi connectivity index (χ1n) is 7.10. The Morgan fingerprint density at radius 1 is 1.43 bits per heavy atom. The van der Waals surface area contributed by atoms with Crippen LogP contribution in [-0.2, 0) is 6.42 Å². The van der Waals surface area contributed by atoms with Crippen molar-refractivity contribution in [1.82, 2.24) is 19.9 Å². The van der Waals surface area contributed by atoms with E-state index in [9.17, 15) is 0 Å². The van der Waals surface area contributed by atoms with Crippen LogP contribution in [0.25, 0.3) is 10.8 Å². The van der Waals surface area contributed by atoms with E-state index in [1.807, 2.05) is 13.0 Å². The van der Waals surface area contributed by atoms with Gasteiger partial charge in [0.25, 0.3) is 5.89 Å². The standard InChI is InChI=1S/C14H21N5OS/c1-9-6-11(15)21-13(9)14-16-12(17-20-14)7-10-8-18(2)4-5-19(10)3/h6,10H,4-5,7-8,15H2,1-3H3. The van der Waals surface area contributed by atoms with Gasteiger partial charge in [0.15, 0.2) is 5.82 Å². The maximum Gasteiger partial charge on any atom is 0.268 e. The number of piperazine rings is 1. The molecule has 3 rings (SSSR count). The summed E-state index contributed by atoms with van der Waals surface area (Å²) in [5.41, 5.74) is 6.91. The summed E-state index contributed by atoms with van der Waals surface area (Å²) in [6.07, 6.45) is 0.810. The van der Waals surface area contributed by atoms with Gasteiger partial charge in [-0.05, 0) is 32.6 Å². The monoisotopic (exact) mass is 307 g/mol. The van der Waals surface area contributed by atoms with E-state index in [2.05, 4.69) is 34.0 Å². The average Bonchev–Trinajstić information content (AvgIpc) is 3.00. The predicted octanol–water partition coefficient (Wildman–Crippen LogP) is 1.48. The molecule has 1 unspecified atom stereocenters. The highest BCUT2D eigenvalue weighted by atomic mass is 32.1. The lowest BCUT2D eigenvalue weighted by molar-refractivity contribution is 0.113. The van der Waals surface area contributed by atoms with Crippen molar-refractivity contribution in [2.24, 2.45) is 0 Å². The van der Waals surface area contributed by atoms with Crippen LogP contribution in [0.15, 0.2) is 10.6 Å². The minimum atomic E-state index is 0.434. The molecule has 7 heteroatoms.